The summed E-state index contributed by atoms with van der Waals surface area (Å²) in [6.07, 6.45) is 2.77. The zero-order valence-electron chi connectivity index (χ0n) is 12.8. The Balaban J connectivity index is 1.49. The molecule has 1 aliphatic carbocycles. The molecule has 1 atom stereocenters. The van der Waals surface area contributed by atoms with Crippen molar-refractivity contribution in [2.75, 3.05) is 13.2 Å². The Kier molecular flexibility index (Phi) is 4.07. The molecule has 2 aromatic rings. The third kappa shape index (κ3) is 3.25. The Hall–Kier alpha value is -2.01. The van der Waals surface area contributed by atoms with Gasteiger partial charge in [-0.1, -0.05) is 18.2 Å². The Labute approximate surface area is 129 Å². The van der Waals surface area contributed by atoms with E-state index in [2.05, 4.69) is 10.6 Å². The Morgan fingerprint density at radius 2 is 2.18 bits per heavy atom. The van der Waals surface area contributed by atoms with Gasteiger partial charge in [-0.2, -0.15) is 0 Å². The van der Waals surface area contributed by atoms with Crippen LogP contribution in [0.5, 0.6) is 0 Å². The third-order valence-electron chi connectivity index (χ3n) is 4.34. The van der Waals surface area contributed by atoms with Gasteiger partial charge < -0.3 is 20.2 Å². The van der Waals surface area contributed by atoms with Crippen molar-refractivity contribution in [1.29, 1.82) is 0 Å². The summed E-state index contributed by atoms with van der Waals surface area (Å²) < 4.78 is 5.71. The number of aliphatic hydroxyl groups excluding tert-OH is 1. The van der Waals surface area contributed by atoms with Crippen LogP contribution in [0.1, 0.15) is 25.5 Å². The largest absolute Gasteiger partial charge is 0.461 e. The number of fused-ring (bicyclic) bond motifs is 1. The number of furan rings is 1. The highest BCUT2D eigenvalue weighted by molar-refractivity contribution is 5.77. The number of aliphatic hydroxyl groups is 1. The summed E-state index contributed by atoms with van der Waals surface area (Å²) in [5.74, 6) is 1.24. The molecular weight excluding hydrogens is 280 g/mol. The average molecular weight is 302 g/mol. The van der Waals surface area contributed by atoms with Crippen LogP contribution in [-0.4, -0.2) is 29.8 Å². The number of hydrogen-bond donors (Lipinski definition) is 3. The number of nitrogens with one attached hydrogen (secondary N) is 2. The summed E-state index contributed by atoms with van der Waals surface area (Å²) in [7, 11) is 0. The number of hydrogen-bond acceptors (Lipinski definition) is 3. The number of para-hydroxylation sites is 1. The van der Waals surface area contributed by atoms with E-state index in [4.69, 9.17) is 4.42 Å². The van der Waals surface area contributed by atoms with Gasteiger partial charge in [0.05, 0.1) is 12.1 Å². The van der Waals surface area contributed by atoms with Crippen LogP contribution in [0.4, 0.5) is 4.79 Å². The van der Waals surface area contributed by atoms with Crippen LogP contribution in [0.15, 0.2) is 34.7 Å². The van der Waals surface area contributed by atoms with Gasteiger partial charge in [0.15, 0.2) is 0 Å². The van der Waals surface area contributed by atoms with E-state index in [0.29, 0.717) is 18.9 Å². The van der Waals surface area contributed by atoms with E-state index in [9.17, 15) is 9.90 Å². The fraction of sp³-hybridized carbons (Fsp3) is 0.471. The first-order valence-electron chi connectivity index (χ1n) is 7.75. The van der Waals surface area contributed by atoms with E-state index in [1.807, 2.05) is 37.3 Å². The zero-order chi connectivity index (χ0) is 15.6. The maximum Gasteiger partial charge on any atom is 0.315 e. The van der Waals surface area contributed by atoms with Crippen molar-refractivity contribution in [3.8, 4) is 0 Å². The predicted molar refractivity (Wildman–Crippen MR) is 84.7 cm³/mol. The summed E-state index contributed by atoms with van der Waals surface area (Å²) >= 11 is 0. The second kappa shape index (κ2) is 6.01. The molecule has 1 saturated carbocycles. The van der Waals surface area contributed by atoms with Crippen molar-refractivity contribution in [3.63, 3.8) is 0 Å². The molecule has 0 spiro atoms. The SMILES string of the molecule is CC(CO)(NC(=O)NCCc1cc2ccccc2o1)C1CC1. The predicted octanol–water partition coefficient (Wildman–Crippen LogP) is 2.44. The van der Waals surface area contributed by atoms with Crippen LogP contribution in [0.25, 0.3) is 11.0 Å². The van der Waals surface area contributed by atoms with Crippen molar-refractivity contribution in [3.05, 3.63) is 36.1 Å². The van der Waals surface area contributed by atoms with Crippen LogP contribution in [0, 0.1) is 5.92 Å². The lowest BCUT2D eigenvalue weighted by atomic mass is 9.97. The molecule has 0 saturated heterocycles. The molecular formula is C17H22N2O3. The van der Waals surface area contributed by atoms with Gasteiger partial charge in [0.1, 0.15) is 11.3 Å². The Bertz CT molecular complexity index is 630. The number of urea groups is 1. The minimum absolute atomic E-state index is 0.0331. The highest BCUT2D eigenvalue weighted by Gasteiger charge is 2.42. The summed E-state index contributed by atoms with van der Waals surface area (Å²) in [5.41, 5.74) is 0.354. The van der Waals surface area contributed by atoms with Crippen LogP contribution in [0.3, 0.4) is 0 Å². The van der Waals surface area contributed by atoms with E-state index in [1.54, 1.807) is 0 Å². The smallest absolute Gasteiger partial charge is 0.315 e. The number of carbonyl (C=O) groups is 1. The number of carbonyl (C=O) groups excluding carboxylic acids is 1. The van der Waals surface area contributed by atoms with Crippen LogP contribution in [-0.2, 0) is 6.42 Å². The van der Waals surface area contributed by atoms with Crippen LogP contribution < -0.4 is 10.6 Å². The lowest BCUT2D eigenvalue weighted by Crippen LogP contribution is -2.54. The minimum atomic E-state index is -0.510. The molecule has 118 valence electrons. The highest BCUT2D eigenvalue weighted by Crippen LogP contribution is 2.39. The fourth-order valence-electron chi connectivity index (χ4n) is 2.75. The first-order valence-corrected chi connectivity index (χ1v) is 7.75. The summed E-state index contributed by atoms with van der Waals surface area (Å²) in [6.45, 7) is 2.36. The van der Waals surface area contributed by atoms with Crippen LogP contribution in [0.2, 0.25) is 0 Å². The first kappa shape index (κ1) is 14.9. The van der Waals surface area contributed by atoms with E-state index in [1.165, 1.54) is 0 Å². The quantitative estimate of drug-likeness (QED) is 0.767. The van der Waals surface area contributed by atoms with Gasteiger partial charge in [0.25, 0.3) is 0 Å². The number of benzene rings is 1. The monoisotopic (exact) mass is 302 g/mol. The van der Waals surface area contributed by atoms with Crippen molar-refractivity contribution < 1.29 is 14.3 Å². The maximum atomic E-state index is 11.9. The molecule has 3 N–H and O–H groups in total. The summed E-state index contributed by atoms with van der Waals surface area (Å²) in [5, 5.41) is 16.3. The van der Waals surface area contributed by atoms with Crippen molar-refractivity contribution in [2.24, 2.45) is 5.92 Å². The molecule has 1 fully saturated rings. The summed E-state index contributed by atoms with van der Waals surface area (Å²) in [4.78, 5) is 11.9. The van der Waals surface area contributed by atoms with Gasteiger partial charge in [-0.3, -0.25) is 0 Å². The molecule has 22 heavy (non-hydrogen) atoms. The molecule has 3 rings (SSSR count). The molecule has 1 aromatic carbocycles. The van der Waals surface area contributed by atoms with Gasteiger partial charge in [-0.05, 0) is 37.8 Å². The number of rotatable bonds is 6. The molecule has 1 heterocycles. The highest BCUT2D eigenvalue weighted by atomic mass is 16.3. The van der Waals surface area contributed by atoms with Crippen molar-refractivity contribution in [2.45, 2.75) is 31.7 Å². The van der Waals surface area contributed by atoms with Gasteiger partial charge in [-0.25, -0.2) is 4.79 Å². The van der Waals surface area contributed by atoms with E-state index >= 15 is 0 Å². The lowest BCUT2D eigenvalue weighted by Gasteiger charge is -2.28. The topological polar surface area (TPSA) is 74.5 Å². The second-order valence-corrected chi connectivity index (χ2v) is 6.23. The molecule has 0 bridgehead atoms. The fourth-order valence-corrected chi connectivity index (χ4v) is 2.75. The zero-order valence-corrected chi connectivity index (χ0v) is 12.8. The normalized spacial score (nSPS) is 17.2. The molecule has 5 heteroatoms. The molecule has 1 aromatic heterocycles. The molecule has 1 aliphatic rings. The Morgan fingerprint density at radius 3 is 2.86 bits per heavy atom. The Morgan fingerprint density at radius 1 is 1.41 bits per heavy atom. The van der Waals surface area contributed by atoms with Gasteiger partial charge in [0, 0.05) is 18.4 Å². The maximum absolute atomic E-state index is 11.9. The number of amides is 2. The molecule has 1 unspecified atom stereocenters. The third-order valence-corrected chi connectivity index (χ3v) is 4.34. The minimum Gasteiger partial charge on any atom is -0.461 e. The summed E-state index contributed by atoms with van der Waals surface area (Å²) in [6, 6.07) is 9.61. The first-order chi connectivity index (χ1) is 10.6. The molecule has 2 amide bonds. The van der Waals surface area contributed by atoms with Gasteiger partial charge in [0.2, 0.25) is 0 Å². The van der Waals surface area contributed by atoms with E-state index in [-0.39, 0.29) is 12.6 Å². The molecule has 5 nitrogen and oxygen atoms in total. The van der Waals surface area contributed by atoms with Crippen molar-refractivity contribution >= 4 is 17.0 Å². The van der Waals surface area contributed by atoms with Gasteiger partial charge in [-0.15, -0.1) is 0 Å². The van der Waals surface area contributed by atoms with Crippen molar-refractivity contribution in [1.82, 2.24) is 10.6 Å². The average Bonchev–Trinajstić information content (AvgIpc) is 3.28. The molecule has 0 aliphatic heterocycles. The lowest BCUT2D eigenvalue weighted by molar-refractivity contribution is 0.155. The standard InChI is InChI=1S/C17H22N2O3/c1-17(11-20,13-6-7-13)19-16(21)18-9-8-14-10-12-4-2-3-5-15(12)22-14/h2-5,10,13,20H,6-9,11H2,1H3,(H2,18,19,21). The second-order valence-electron chi connectivity index (χ2n) is 6.23. The van der Waals surface area contributed by atoms with E-state index < -0.39 is 5.54 Å². The molecule has 0 radical (unpaired) electrons. The van der Waals surface area contributed by atoms with E-state index in [0.717, 1.165) is 29.6 Å². The van der Waals surface area contributed by atoms with Crippen LogP contribution >= 0.6 is 0 Å². The van der Waals surface area contributed by atoms with Gasteiger partial charge >= 0.3 is 6.03 Å².